The Morgan fingerprint density at radius 1 is 1.50 bits per heavy atom. The Hall–Kier alpha value is -1.14. The van der Waals surface area contributed by atoms with Gasteiger partial charge < -0.3 is 0 Å². The minimum absolute atomic E-state index is 0.113. The molecule has 0 radical (unpaired) electrons. The van der Waals surface area contributed by atoms with Gasteiger partial charge in [-0.25, -0.2) is 4.98 Å². The second kappa shape index (κ2) is 5.00. The maximum Gasteiger partial charge on any atom is 0.255 e. The van der Waals surface area contributed by atoms with E-state index in [1.165, 1.54) is 6.07 Å². The number of hydrogen-bond acceptors (Lipinski definition) is 3. The van der Waals surface area contributed by atoms with Crippen molar-refractivity contribution in [3.05, 3.63) is 43.3 Å². The van der Waals surface area contributed by atoms with Crippen molar-refractivity contribution in [1.82, 2.24) is 19.3 Å². The van der Waals surface area contributed by atoms with Gasteiger partial charge in [-0.3, -0.25) is 14.0 Å². The molecule has 0 aromatic carbocycles. The van der Waals surface area contributed by atoms with Crippen LogP contribution in [0.3, 0.4) is 0 Å². The molecule has 0 saturated heterocycles. The molecule has 20 heavy (non-hydrogen) atoms. The molecule has 1 aliphatic rings. The molecule has 2 heterocycles. The highest BCUT2D eigenvalue weighted by Crippen LogP contribution is 2.39. The third kappa shape index (κ3) is 2.42. The van der Waals surface area contributed by atoms with E-state index in [4.69, 9.17) is 11.6 Å². The van der Waals surface area contributed by atoms with E-state index in [2.05, 4.69) is 26.0 Å². The first kappa shape index (κ1) is 13.8. The first-order valence-corrected chi connectivity index (χ1v) is 7.59. The Labute approximate surface area is 129 Å². The molecular weight excluding hydrogens is 344 g/mol. The lowest BCUT2D eigenvalue weighted by Crippen LogP contribution is -2.25. The number of halogens is 2. The first-order chi connectivity index (χ1) is 9.47. The van der Waals surface area contributed by atoms with Gasteiger partial charge in [0.25, 0.3) is 5.56 Å². The van der Waals surface area contributed by atoms with Crippen molar-refractivity contribution in [1.29, 1.82) is 0 Å². The zero-order valence-corrected chi connectivity index (χ0v) is 13.6. The highest BCUT2D eigenvalue weighted by atomic mass is 79.9. The van der Waals surface area contributed by atoms with Crippen molar-refractivity contribution < 1.29 is 0 Å². The van der Waals surface area contributed by atoms with Gasteiger partial charge in [-0.05, 0) is 35.7 Å². The van der Waals surface area contributed by atoms with Crippen LogP contribution < -0.4 is 5.56 Å². The van der Waals surface area contributed by atoms with Gasteiger partial charge in [0, 0.05) is 19.0 Å². The van der Waals surface area contributed by atoms with E-state index in [9.17, 15) is 4.79 Å². The molecule has 0 N–H and O–H groups in total. The van der Waals surface area contributed by atoms with E-state index in [1.54, 1.807) is 9.25 Å². The molecule has 7 heteroatoms. The standard InChI is InChI=1S/C13H14BrClN4O/c1-7-12(14)9(18(2)17-7)6-19-11(20)5-10(15)16-13(19)8-3-4-8/h5,8H,3-4,6H2,1-2H3. The molecule has 5 nitrogen and oxygen atoms in total. The average Bonchev–Trinajstić information content (AvgIpc) is 3.16. The molecule has 3 rings (SSSR count). The molecule has 2 aromatic heterocycles. The minimum atomic E-state index is -0.113. The predicted molar refractivity (Wildman–Crippen MR) is 80.2 cm³/mol. The lowest BCUT2D eigenvalue weighted by molar-refractivity contribution is 0.613. The van der Waals surface area contributed by atoms with Crippen molar-refractivity contribution in [2.75, 3.05) is 0 Å². The zero-order chi connectivity index (χ0) is 14.4. The van der Waals surface area contributed by atoms with Crippen LogP contribution in [0, 0.1) is 6.92 Å². The van der Waals surface area contributed by atoms with Gasteiger partial charge in [0.1, 0.15) is 11.0 Å². The summed E-state index contributed by atoms with van der Waals surface area (Å²) in [6.45, 7) is 2.38. The van der Waals surface area contributed by atoms with Gasteiger partial charge in [0.05, 0.1) is 22.4 Å². The van der Waals surface area contributed by atoms with E-state index in [0.29, 0.717) is 12.5 Å². The van der Waals surface area contributed by atoms with Gasteiger partial charge in [-0.15, -0.1) is 0 Å². The summed E-state index contributed by atoms with van der Waals surface area (Å²) in [6.07, 6.45) is 2.14. The highest BCUT2D eigenvalue weighted by Gasteiger charge is 2.29. The van der Waals surface area contributed by atoms with Crippen LogP contribution in [-0.4, -0.2) is 19.3 Å². The van der Waals surface area contributed by atoms with Crippen molar-refractivity contribution in [3.63, 3.8) is 0 Å². The number of hydrogen-bond donors (Lipinski definition) is 0. The molecule has 0 amide bonds. The van der Waals surface area contributed by atoms with Crippen LogP contribution in [0.4, 0.5) is 0 Å². The van der Waals surface area contributed by atoms with Crippen LogP contribution >= 0.6 is 27.5 Å². The third-order valence-electron chi connectivity index (χ3n) is 3.52. The zero-order valence-electron chi connectivity index (χ0n) is 11.2. The van der Waals surface area contributed by atoms with E-state index in [-0.39, 0.29) is 10.7 Å². The average molecular weight is 358 g/mol. The summed E-state index contributed by atoms with van der Waals surface area (Å²) in [5, 5.41) is 4.62. The number of aryl methyl sites for hydroxylation is 2. The van der Waals surface area contributed by atoms with Crippen molar-refractivity contribution in [2.24, 2.45) is 7.05 Å². The van der Waals surface area contributed by atoms with Crippen LogP contribution in [0.15, 0.2) is 15.3 Å². The molecule has 1 saturated carbocycles. The summed E-state index contributed by atoms with van der Waals surface area (Å²) >= 11 is 9.44. The second-order valence-corrected chi connectivity index (χ2v) is 6.29. The van der Waals surface area contributed by atoms with Gasteiger partial charge in [-0.2, -0.15) is 5.10 Å². The summed E-state index contributed by atoms with van der Waals surface area (Å²) in [6, 6.07) is 1.37. The quantitative estimate of drug-likeness (QED) is 0.794. The molecule has 0 atom stereocenters. The van der Waals surface area contributed by atoms with E-state index in [1.807, 2.05) is 14.0 Å². The Kier molecular flexibility index (Phi) is 3.46. The van der Waals surface area contributed by atoms with Crippen LogP contribution in [0.1, 0.15) is 36.0 Å². The van der Waals surface area contributed by atoms with E-state index < -0.39 is 0 Å². The molecule has 0 bridgehead atoms. The van der Waals surface area contributed by atoms with Gasteiger partial charge >= 0.3 is 0 Å². The van der Waals surface area contributed by atoms with E-state index >= 15 is 0 Å². The minimum Gasteiger partial charge on any atom is -0.290 e. The molecule has 0 unspecified atom stereocenters. The highest BCUT2D eigenvalue weighted by molar-refractivity contribution is 9.10. The van der Waals surface area contributed by atoms with Crippen LogP contribution in [0.5, 0.6) is 0 Å². The Balaban J connectivity index is 2.08. The van der Waals surface area contributed by atoms with Gasteiger partial charge in [0.2, 0.25) is 0 Å². The lowest BCUT2D eigenvalue weighted by atomic mass is 10.3. The summed E-state index contributed by atoms with van der Waals surface area (Å²) in [4.78, 5) is 16.6. The lowest BCUT2D eigenvalue weighted by Gasteiger charge is -2.12. The maximum atomic E-state index is 12.2. The fourth-order valence-electron chi connectivity index (χ4n) is 2.31. The topological polar surface area (TPSA) is 52.7 Å². The molecular formula is C13H14BrClN4O. The maximum absolute atomic E-state index is 12.2. The summed E-state index contributed by atoms with van der Waals surface area (Å²) in [5.74, 6) is 1.14. The van der Waals surface area contributed by atoms with Crippen LogP contribution in [0.25, 0.3) is 0 Å². The Morgan fingerprint density at radius 2 is 2.20 bits per heavy atom. The number of nitrogens with zero attached hydrogens (tertiary/aromatic N) is 4. The largest absolute Gasteiger partial charge is 0.290 e. The Morgan fingerprint density at radius 3 is 2.75 bits per heavy atom. The smallest absolute Gasteiger partial charge is 0.255 e. The second-order valence-electron chi connectivity index (χ2n) is 5.11. The Bertz CT molecular complexity index is 733. The summed E-state index contributed by atoms with van der Waals surface area (Å²) in [7, 11) is 1.87. The molecule has 1 fully saturated rings. The molecule has 0 aliphatic heterocycles. The fourth-order valence-corrected chi connectivity index (χ4v) is 2.95. The predicted octanol–water partition coefficient (Wildman–Crippen LogP) is 2.63. The van der Waals surface area contributed by atoms with Gasteiger partial charge in [-0.1, -0.05) is 11.6 Å². The SMILES string of the molecule is Cc1nn(C)c(Cn2c(C3CC3)nc(Cl)cc2=O)c1Br. The molecule has 106 valence electrons. The monoisotopic (exact) mass is 356 g/mol. The van der Waals surface area contributed by atoms with Crippen LogP contribution in [-0.2, 0) is 13.6 Å². The van der Waals surface area contributed by atoms with Gasteiger partial charge in [0.15, 0.2) is 0 Å². The van der Waals surface area contributed by atoms with Crippen LogP contribution in [0.2, 0.25) is 5.15 Å². The van der Waals surface area contributed by atoms with E-state index in [0.717, 1.165) is 34.5 Å². The van der Waals surface area contributed by atoms with Crippen molar-refractivity contribution in [2.45, 2.75) is 32.2 Å². The van der Waals surface area contributed by atoms with Crippen molar-refractivity contribution in [3.8, 4) is 0 Å². The molecule has 2 aromatic rings. The number of aromatic nitrogens is 4. The number of rotatable bonds is 3. The molecule has 0 spiro atoms. The van der Waals surface area contributed by atoms with Crippen molar-refractivity contribution >= 4 is 27.5 Å². The summed E-state index contributed by atoms with van der Waals surface area (Å²) < 4.78 is 4.42. The summed E-state index contributed by atoms with van der Waals surface area (Å²) in [5.41, 5.74) is 1.75. The fraction of sp³-hybridized carbons (Fsp3) is 0.462. The normalized spacial score (nSPS) is 14.8. The third-order valence-corrected chi connectivity index (χ3v) is 4.74. The molecule has 1 aliphatic carbocycles. The first-order valence-electron chi connectivity index (χ1n) is 6.42.